The largest absolute Gasteiger partial charge is 0.481 e. The summed E-state index contributed by atoms with van der Waals surface area (Å²) in [5, 5.41) is 0. The number of rotatable bonds is 4. The van der Waals surface area contributed by atoms with Crippen LogP contribution >= 0.6 is 11.6 Å². The zero-order valence-electron chi connectivity index (χ0n) is 10.3. The normalized spacial score (nSPS) is 11.4. The van der Waals surface area contributed by atoms with Gasteiger partial charge in [-0.2, -0.15) is 4.98 Å². The van der Waals surface area contributed by atoms with E-state index in [1.165, 1.54) is 0 Å². The van der Waals surface area contributed by atoms with Crippen molar-refractivity contribution in [1.82, 2.24) is 14.5 Å². The Morgan fingerprint density at radius 3 is 2.71 bits per heavy atom. The van der Waals surface area contributed by atoms with E-state index < -0.39 is 0 Å². The Bertz CT molecular complexity index is 522. The van der Waals surface area contributed by atoms with E-state index in [2.05, 4.69) is 28.4 Å². The van der Waals surface area contributed by atoms with Crippen LogP contribution in [0.4, 0.5) is 0 Å². The lowest BCUT2D eigenvalue weighted by Gasteiger charge is -2.11. The van der Waals surface area contributed by atoms with Gasteiger partial charge in [0.2, 0.25) is 5.88 Å². The van der Waals surface area contributed by atoms with Gasteiger partial charge in [0.15, 0.2) is 5.65 Å². The minimum Gasteiger partial charge on any atom is -0.481 e. The molecule has 0 fully saturated rings. The molecule has 17 heavy (non-hydrogen) atoms. The van der Waals surface area contributed by atoms with Crippen molar-refractivity contribution in [2.45, 2.75) is 26.3 Å². The molecule has 0 saturated heterocycles. The molecule has 0 amide bonds. The lowest BCUT2D eigenvalue weighted by molar-refractivity contribution is 0.398. The van der Waals surface area contributed by atoms with E-state index in [4.69, 9.17) is 16.3 Å². The van der Waals surface area contributed by atoms with Crippen LogP contribution < -0.4 is 4.74 Å². The Balaban J connectivity index is 2.63. The first-order valence-electron chi connectivity index (χ1n) is 5.65. The molecule has 2 rings (SSSR count). The Kier molecular flexibility index (Phi) is 3.52. The quantitative estimate of drug-likeness (QED) is 0.787. The summed E-state index contributed by atoms with van der Waals surface area (Å²) in [6.45, 7) is 4.22. The predicted octanol–water partition coefficient (Wildman–Crippen LogP) is 2.80. The zero-order chi connectivity index (χ0) is 12.4. The van der Waals surface area contributed by atoms with Crippen molar-refractivity contribution in [2.24, 2.45) is 0 Å². The van der Waals surface area contributed by atoms with Gasteiger partial charge in [-0.05, 0) is 19.9 Å². The van der Waals surface area contributed by atoms with Crippen molar-refractivity contribution < 1.29 is 4.74 Å². The molecule has 0 bridgehead atoms. The van der Waals surface area contributed by atoms with E-state index in [1.54, 1.807) is 7.11 Å². The summed E-state index contributed by atoms with van der Waals surface area (Å²) < 4.78 is 7.26. The van der Waals surface area contributed by atoms with E-state index in [0.717, 1.165) is 23.4 Å². The number of fused-ring (bicyclic) bond motifs is 1. The Morgan fingerprint density at radius 2 is 2.12 bits per heavy atom. The number of imidazole rings is 1. The Morgan fingerprint density at radius 1 is 1.35 bits per heavy atom. The van der Waals surface area contributed by atoms with Gasteiger partial charge in [0, 0.05) is 24.4 Å². The SMILES string of the molecule is COc1ccc2nc(CCCl)n(C(C)C)c2n1. The summed E-state index contributed by atoms with van der Waals surface area (Å²) in [6, 6.07) is 4.06. The second-order valence-electron chi connectivity index (χ2n) is 4.13. The Hall–Kier alpha value is -1.29. The summed E-state index contributed by atoms with van der Waals surface area (Å²) in [5.41, 5.74) is 1.75. The molecule has 0 spiro atoms. The van der Waals surface area contributed by atoms with Gasteiger partial charge in [0.05, 0.1) is 7.11 Å². The number of ether oxygens (including phenoxy) is 1. The fourth-order valence-electron chi connectivity index (χ4n) is 1.92. The van der Waals surface area contributed by atoms with Gasteiger partial charge in [0.25, 0.3) is 0 Å². The maximum absolute atomic E-state index is 5.80. The fraction of sp³-hybridized carbons (Fsp3) is 0.500. The molecule has 0 unspecified atom stereocenters. The lowest BCUT2D eigenvalue weighted by atomic mass is 10.3. The van der Waals surface area contributed by atoms with Crippen LogP contribution in [0.3, 0.4) is 0 Å². The van der Waals surface area contributed by atoms with Crippen molar-refractivity contribution >= 4 is 22.8 Å². The van der Waals surface area contributed by atoms with E-state index >= 15 is 0 Å². The zero-order valence-corrected chi connectivity index (χ0v) is 11.0. The first-order valence-corrected chi connectivity index (χ1v) is 6.18. The van der Waals surface area contributed by atoms with Crippen molar-refractivity contribution in [3.8, 4) is 5.88 Å². The highest BCUT2D eigenvalue weighted by Gasteiger charge is 2.14. The van der Waals surface area contributed by atoms with Crippen LogP contribution in [0, 0.1) is 0 Å². The molecule has 0 N–H and O–H groups in total. The lowest BCUT2D eigenvalue weighted by Crippen LogP contribution is -2.07. The summed E-state index contributed by atoms with van der Waals surface area (Å²) in [6.07, 6.45) is 0.748. The van der Waals surface area contributed by atoms with Crippen molar-refractivity contribution in [3.05, 3.63) is 18.0 Å². The summed E-state index contributed by atoms with van der Waals surface area (Å²) in [5.74, 6) is 2.15. The first-order chi connectivity index (χ1) is 8.17. The molecule has 0 atom stereocenters. The Labute approximate surface area is 106 Å². The van der Waals surface area contributed by atoms with Gasteiger partial charge >= 0.3 is 0 Å². The number of methoxy groups -OCH3 is 1. The number of halogens is 1. The minimum absolute atomic E-state index is 0.304. The molecular weight excluding hydrogens is 238 g/mol. The number of hydrogen-bond acceptors (Lipinski definition) is 3. The smallest absolute Gasteiger partial charge is 0.215 e. The third kappa shape index (κ3) is 2.22. The monoisotopic (exact) mass is 253 g/mol. The van der Waals surface area contributed by atoms with Crippen molar-refractivity contribution in [3.63, 3.8) is 0 Å². The van der Waals surface area contributed by atoms with Gasteiger partial charge in [-0.15, -0.1) is 11.6 Å². The van der Waals surface area contributed by atoms with Crippen molar-refractivity contribution in [1.29, 1.82) is 0 Å². The molecule has 92 valence electrons. The maximum atomic E-state index is 5.80. The average molecular weight is 254 g/mol. The molecule has 0 radical (unpaired) electrons. The molecule has 0 aromatic carbocycles. The van der Waals surface area contributed by atoms with Gasteiger partial charge in [-0.3, -0.25) is 0 Å². The van der Waals surface area contributed by atoms with E-state index in [1.807, 2.05) is 12.1 Å². The highest BCUT2D eigenvalue weighted by Crippen LogP contribution is 2.22. The number of nitrogens with zero attached hydrogens (tertiary/aromatic N) is 3. The number of aromatic nitrogens is 3. The summed E-state index contributed by atoms with van der Waals surface area (Å²) in [4.78, 5) is 9.01. The molecule has 2 heterocycles. The highest BCUT2D eigenvalue weighted by molar-refractivity contribution is 6.17. The van der Waals surface area contributed by atoms with Gasteiger partial charge in [-0.25, -0.2) is 4.98 Å². The highest BCUT2D eigenvalue weighted by atomic mass is 35.5. The standard InChI is InChI=1S/C12H16ClN3O/c1-8(2)16-10(6-7-13)14-9-4-5-11(17-3)15-12(9)16/h4-5,8H,6-7H2,1-3H3. The van der Waals surface area contributed by atoms with Crippen LogP contribution in [0.5, 0.6) is 5.88 Å². The second-order valence-corrected chi connectivity index (χ2v) is 4.51. The second kappa shape index (κ2) is 4.92. The molecule has 2 aromatic heterocycles. The molecule has 0 aliphatic rings. The molecule has 5 heteroatoms. The van der Waals surface area contributed by atoms with Gasteiger partial charge < -0.3 is 9.30 Å². The predicted molar refractivity (Wildman–Crippen MR) is 68.9 cm³/mol. The van der Waals surface area contributed by atoms with Gasteiger partial charge in [-0.1, -0.05) is 0 Å². The molecule has 0 aliphatic carbocycles. The van der Waals surface area contributed by atoms with E-state index in [-0.39, 0.29) is 0 Å². The number of pyridine rings is 1. The molecule has 4 nitrogen and oxygen atoms in total. The topological polar surface area (TPSA) is 39.9 Å². The van der Waals surface area contributed by atoms with E-state index in [9.17, 15) is 0 Å². The van der Waals surface area contributed by atoms with Crippen LogP contribution in [0.15, 0.2) is 12.1 Å². The van der Waals surface area contributed by atoms with Crippen LogP contribution in [-0.2, 0) is 6.42 Å². The first kappa shape index (κ1) is 12.2. The van der Waals surface area contributed by atoms with Crippen LogP contribution in [0.1, 0.15) is 25.7 Å². The third-order valence-corrected chi connectivity index (χ3v) is 2.82. The summed E-state index contributed by atoms with van der Waals surface area (Å²) in [7, 11) is 1.62. The molecule has 0 saturated carbocycles. The number of hydrogen-bond donors (Lipinski definition) is 0. The van der Waals surface area contributed by atoms with E-state index in [0.29, 0.717) is 17.8 Å². The number of aryl methyl sites for hydroxylation is 1. The van der Waals surface area contributed by atoms with Crippen molar-refractivity contribution in [2.75, 3.05) is 13.0 Å². The van der Waals surface area contributed by atoms with Crippen LogP contribution in [-0.4, -0.2) is 27.5 Å². The molecule has 0 aliphatic heterocycles. The van der Waals surface area contributed by atoms with Crippen LogP contribution in [0.2, 0.25) is 0 Å². The minimum atomic E-state index is 0.304. The average Bonchev–Trinajstić information content (AvgIpc) is 2.66. The van der Waals surface area contributed by atoms with Crippen LogP contribution in [0.25, 0.3) is 11.2 Å². The van der Waals surface area contributed by atoms with Gasteiger partial charge in [0.1, 0.15) is 11.3 Å². The third-order valence-electron chi connectivity index (χ3n) is 2.63. The molecule has 2 aromatic rings. The summed E-state index contributed by atoms with van der Waals surface area (Å²) >= 11 is 5.80. The fourth-order valence-corrected chi connectivity index (χ4v) is 2.09. The number of alkyl halides is 1. The maximum Gasteiger partial charge on any atom is 0.215 e. The molecular formula is C12H16ClN3O.